The average molecular weight is 320 g/mol. The van der Waals surface area contributed by atoms with Crippen LogP contribution in [0.5, 0.6) is 0 Å². The van der Waals surface area contributed by atoms with Crippen LogP contribution < -0.4 is 0 Å². The lowest BCUT2D eigenvalue weighted by atomic mass is 9.95. The quantitative estimate of drug-likeness (QED) is 0.828. The summed E-state index contributed by atoms with van der Waals surface area (Å²) >= 11 is 0. The molecule has 128 valence electrons. The molecule has 1 aromatic rings. The van der Waals surface area contributed by atoms with Crippen molar-refractivity contribution in [2.75, 3.05) is 39.4 Å². The molecule has 1 unspecified atom stereocenters. The van der Waals surface area contributed by atoms with E-state index in [0.29, 0.717) is 12.1 Å². The summed E-state index contributed by atoms with van der Waals surface area (Å²) in [5.74, 6) is -0.106. The molecule has 0 amide bonds. The van der Waals surface area contributed by atoms with Crippen molar-refractivity contribution in [2.45, 2.75) is 45.2 Å². The van der Waals surface area contributed by atoms with Crippen molar-refractivity contribution >= 4 is 0 Å². The van der Waals surface area contributed by atoms with Crippen molar-refractivity contribution in [3.8, 4) is 0 Å². The van der Waals surface area contributed by atoms with Crippen LogP contribution in [-0.4, -0.2) is 55.2 Å². The Hall–Kier alpha value is -0.970. The van der Waals surface area contributed by atoms with E-state index < -0.39 is 0 Å². The van der Waals surface area contributed by atoms with E-state index in [1.807, 2.05) is 6.07 Å². The molecule has 0 aromatic heterocycles. The van der Waals surface area contributed by atoms with Crippen molar-refractivity contribution in [1.82, 2.24) is 9.80 Å². The molecule has 2 aliphatic heterocycles. The SMILES string of the molecule is CC(C)N1CCCC1c1cc(F)ccc1CCN1CCOCC1. The van der Waals surface area contributed by atoms with E-state index in [4.69, 9.17) is 4.74 Å². The monoisotopic (exact) mass is 320 g/mol. The second-order valence-electron chi connectivity index (χ2n) is 7.04. The number of rotatable bonds is 5. The Labute approximate surface area is 139 Å². The van der Waals surface area contributed by atoms with Crippen molar-refractivity contribution in [3.63, 3.8) is 0 Å². The van der Waals surface area contributed by atoms with Gasteiger partial charge in [0.25, 0.3) is 0 Å². The first-order chi connectivity index (χ1) is 11.1. The predicted molar refractivity (Wildman–Crippen MR) is 91.2 cm³/mol. The van der Waals surface area contributed by atoms with Crippen LogP contribution in [-0.2, 0) is 11.2 Å². The fourth-order valence-corrected chi connectivity index (χ4v) is 3.95. The molecule has 3 nitrogen and oxygen atoms in total. The number of likely N-dealkylation sites (tertiary alicyclic amines) is 1. The van der Waals surface area contributed by atoms with Crippen molar-refractivity contribution in [1.29, 1.82) is 0 Å². The molecule has 0 aliphatic carbocycles. The van der Waals surface area contributed by atoms with E-state index in [0.717, 1.165) is 52.2 Å². The summed E-state index contributed by atoms with van der Waals surface area (Å²) in [4.78, 5) is 4.97. The molecule has 0 saturated carbocycles. The molecule has 4 heteroatoms. The third-order valence-electron chi connectivity index (χ3n) is 5.23. The molecule has 2 aliphatic rings. The summed E-state index contributed by atoms with van der Waals surface area (Å²) in [6.45, 7) is 10.3. The third-order valence-corrected chi connectivity index (χ3v) is 5.23. The van der Waals surface area contributed by atoms with Crippen molar-refractivity contribution in [2.24, 2.45) is 0 Å². The number of halogens is 1. The summed E-state index contributed by atoms with van der Waals surface area (Å²) in [5, 5.41) is 0. The Morgan fingerprint density at radius 2 is 2.00 bits per heavy atom. The molecule has 2 saturated heterocycles. The van der Waals surface area contributed by atoms with E-state index in [-0.39, 0.29) is 5.82 Å². The first-order valence-electron chi connectivity index (χ1n) is 8.99. The molecule has 0 bridgehead atoms. The van der Waals surface area contributed by atoms with Gasteiger partial charge in [0.1, 0.15) is 5.82 Å². The smallest absolute Gasteiger partial charge is 0.123 e. The van der Waals surface area contributed by atoms with E-state index in [1.165, 1.54) is 17.5 Å². The largest absolute Gasteiger partial charge is 0.379 e. The Kier molecular flexibility index (Phi) is 5.67. The Bertz CT molecular complexity index is 514. The average Bonchev–Trinajstić information content (AvgIpc) is 3.04. The van der Waals surface area contributed by atoms with Crippen LogP contribution in [0, 0.1) is 5.82 Å². The second kappa shape index (κ2) is 7.73. The zero-order valence-electron chi connectivity index (χ0n) is 14.4. The number of hydrogen-bond donors (Lipinski definition) is 0. The van der Waals surface area contributed by atoms with E-state index in [2.05, 4.69) is 23.6 Å². The molecule has 2 fully saturated rings. The van der Waals surface area contributed by atoms with Crippen LogP contribution in [0.15, 0.2) is 18.2 Å². The minimum Gasteiger partial charge on any atom is -0.379 e. The van der Waals surface area contributed by atoms with Gasteiger partial charge < -0.3 is 4.74 Å². The number of benzene rings is 1. The van der Waals surface area contributed by atoms with E-state index >= 15 is 0 Å². The van der Waals surface area contributed by atoms with Crippen LogP contribution in [0.1, 0.15) is 43.9 Å². The number of morpholine rings is 1. The first kappa shape index (κ1) is 16.9. The Morgan fingerprint density at radius 1 is 1.22 bits per heavy atom. The van der Waals surface area contributed by atoms with Crippen LogP contribution in [0.4, 0.5) is 4.39 Å². The van der Waals surface area contributed by atoms with E-state index in [1.54, 1.807) is 12.1 Å². The lowest BCUT2D eigenvalue weighted by Crippen LogP contribution is -2.37. The van der Waals surface area contributed by atoms with Gasteiger partial charge in [0.15, 0.2) is 0 Å². The summed E-state index contributed by atoms with van der Waals surface area (Å²) in [7, 11) is 0. The van der Waals surface area contributed by atoms with Crippen LogP contribution in [0.2, 0.25) is 0 Å². The van der Waals surface area contributed by atoms with Gasteiger partial charge in [-0.3, -0.25) is 9.80 Å². The molecule has 1 aromatic carbocycles. The van der Waals surface area contributed by atoms with Gasteiger partial charge in [-0.25, -0.2) is 4.39 Å². The maximum Gasteiger partial charge on any atom is 0.123 e. The maximum absolute atomic E-state index is 13.9. The first-order valence-corrected chi connectivity index (χ1v) is 8.99. The molecule has 0 spiro atoms. The fourth-order valence-electron chi connectivity index (χ4n) is 3.95. The van der Waals surface area contributed by atoms with Gasteiger partial charge in [-0.05, 0) is 62.9 Å². The maximum atomic E-state index is 13.9. The van der Waals surface area contributed by atoms with Gasteiger partial charge in [0.2, 0.25) is 0 Å². The predicted octanol–water partition coefficient (Wildman–Crippen LogP) is 3.25. The Morgan fingerprint density at radius 3 is 2.74 bits per heavy atom. The van der Waals surface area contributed by atoms with Gasteiger partial charge in [0, 0.05) is 31.7 Å². The molecular formula is C19H29FN2O. The lowest BCUT2D eigenvalue weighted by molar-refractivity contribution is 0.0384. The topological polar surface area (TPSA) is 15.7 Å². The fraction of sp³-hybridized carbons (Fsp3) is 0.684. The highest BCUT2D eigenvalue weighted by atomic mass is 19.1. The molecule has 2 heterocycles. The highest BCUT2D eigenvalue weighted by molar-refractivity contribution is 5.32. The van der Waals surface area contributed by atoms with Gasteiger partial charge in [-0.1, -0.05) is 6.07 Å². The third kappa shape index (κ3) is 4.11. The number of nitrogens with zero attached hydrogens (tertiary/aromatic N) is 2. The highest BCUT2D eigenvalue weighted by Gasteiger charge is 2.29. The summed E-state index contributed by atoms with van der Waals surface area (Å²) in [6, 6.07) is 6.29. The van der Waals surface area contributed by atoms with Gasteiger partial charge in [0.05, 0.1) is 13.2 Å². The van der Waals surface area contributed by atoms with Crippen molar-refractivity contribution < 1.29 is 9.13 Å². The highest BCUT2D eigenvalue weighted by Crippen LogP contribution is 2.35. The molecule has 0 N–H and O–H groups in total. The standard InChI is InChI=1S/C19H29FN2O/c1-15(2)22-8-3-4-19(22)18-14-17(20)6-5-16(18)7-9-21-10-12-23-13-11-21/h5-6,14-15,19H,3-4,7-13H2,1-2H3. The molecular weight excluding hydrogens is 291 g/mol. The van der Waals surface area contributed by atoms with Crippen LogP contribution >= 0.6 is 0 Å². The summed E-state index contributed by atoms with van der Waals surface area (Å²) < 4.78 is 19.3. The Balaban J connectivity index is 1.74. The number of ether oxygens (including phenoxy) is 1. The lowest BCUT2D eigenvalue weighted by Gasteiger charge is -2.31. The number of hydrogen-bond acceptors (Lipinski definition) is 3. The van der Waals surface area contributed by atoms with Crippen LogP contribution in [0.3, 0.4) is 0 Å². The summed E-state index contributed by atoms with van der Waals surface area (Å²) in [6.07, 6.45) is 3.35. The molecule has 0 radical (unpaired) electrons. The molecule has 23 heavy (non-hydrogen) atoms. The van der Waals surface area contributed by atoms with Crippen molar-refractivity contribution in [3.05, 3.63) is 35.1 Å². The summed E-state index contributed by atoms with van der Waals surface area (Å²) in [5.41, 5.74) is 2.53. The van der Waals surface area contributed by atoms with Crippen LogP contribution in [0.25, 0.3) is 0 Å². The normalized spacial score (nSPS) is 23.7. The minimum atomic E-state index is -0.106. The van der Waals surface area contributed by atoms with E-state index in [9.17, 15) is 4.39 Å². The van der Waals surface area contributed by atoms with Gasteiger partial charge in [-0.2, -0.15) is 0 Å². The second-order valence-corrected chi connectivity index (χ2v) is 7.04. The zero-order chi connectivity index (χ0) is 16.2. The molecule has 3 rings (SSSR count). The zero-order valence-corrected chi connectivity index (χ0v) is 14.4. The minimum absolute atomic E-state index is 0.106. The molecule has 1 atom stereocenters. The van der Waals surface area contributed by atoms with Gasteiger partial charge in [-0.15, -0.1) is 0 Å². The van der Waals surface area contributed by atoms with Gasteiger partial charge >= 0.3 is 0 Å².